The molecular formula is C12H15NO3S. The fraction of sp³-hybridized carbons (Fsp3) is 0.500. The molecule has 0 unspecified atom stereocenters. The second-order valence-electron chi connectivity index (χ2n) is 4.41. The lowest BCUT2D eigenvalue weighted by atomic mass is 9.81. The SMILES string of the molecule is O=C(NC1(C(=O)O)CCCCC1)c1ccsc1. The molecule has 1 aliphatic rings. The van der Waals surface area contributed by atoms with E-state index in [1.54, 1.807) is 11.4 Å². The standard InChI is InChI=1S/C12H15NO3S/c14-10(9-4-7-17-8-9)13-12(11(15)16)5-2-1-3-6-12/h4,7-8H,1-3,5-6H2,(H,13,14)(H,15,16). The van der Waals surface area contributed by atoms with Crippen LogP contribution in [0.4, 0.5) is 0 Å². The minimum atomic E-state index is -1.06. The largest absolute Gasteiger partial charge is 0.480 e. The first-order chi connectivity index (χ1) is 8.14. The summed E-state index contributed by atoms with van der Waals surface area (Å²) in [6.07, 6.45) is 3.81. The number of carbonyl (C=O) groups is 2. The average molecular weight is 253 g/mol. The zero-order valence-electron chi connectivity index (χ0n) is 9.44. The monoisotopic (exact) mass is 253 g/mol. The highest BCUT2D eigenvalue weighted by Gasteiger charge is 2.41. The minimum absolute atomic E-state index is 0.282. The molecular weight excluding hydrogens is 238 g/mol. The Balaban J connectivity index is 2.13. The summed E-state index contributed by atoms with van der Waals surface area (Å²) in [7, 11) is 0. The Hall–Kier alpha value is -1.36. The van der Waals surface area contributed by atoms with Gasteiger partial charge in [0.15, 0.2) is 0 Å². The molecule has 0 aromatic carbocycles. The quantitative estimate of drug-likeness (QED) is 0.868. The van der Waals surface area contributed by atoms with Crippen molar-refractivity contribution in [2.75, 3.05) is 0 Å². The van der Waals surface area contributed by atoms with Crippen LogP contribution in [0.25, 0.3) is 0 Å². The van der Waals surface area contributed by atoms with Crippen LogP contribution < -0.4 is 5.32 Å². The van der Waals surface area contributed by atoms with Crippen LogP contribution in [0.3, 0.4) is 0 Å². The van der Waals surface area contributed by atoms with Crippen LogP contribution in [0, 0.1) is 0 Å². The summed E-state index contributed by atoms with van der Waals surface area (Å²) in [5.41, 5.74) is -0.515. The maximum Gasteiger partial charge on any atom is 0.329 e. The number of carbonyl (C=O) groups excluding carboxylic acids is 1. The van der Waals surface area contributed by atoms with Crippen LogP contribution in [0.15, 0.2) is 16.8 Å². The molecule has 0 radical (unpaired) electrons. The molecule has 0 aliphatic heterocycles. The van der Waals surface area contributed by atoms with Gasteiger partial charge in [-0.3, -0.25) is 4.79 Å². The molecule has 1 fully saturated rings. The molecule has 2 N–H and O–H groups in total. The summed E-state index contributed by atoms with van der Waals surface area (Å²) in [6, 6.07) is 1.71. The summed E-state index contributed by atoms with van der Waals surface area (Å²) in [5.74, 6) is -1.20. The molecule has 1 saturated carbocycles. The Morgan fingerprint density at radius 2 is 2.00 bits per heavy atom. The molecule has 2 rings (SSSR count). The van der Waals surface area contributed by atoms with E-state index >= 15 is 0 Å². The third-order valence-electron chi connectivity index (χ3n) is 3.25. The van der Waals surface area contributed by atoms with E-state index in [0.717, 1.165) is 19.3 Å². The van der Waals surface area contributed by atoms with Crippen molar-refractivity contribution in [3.05, 3.63) is 22.4 Å². The van der Waals surface area contributed by atoms with Crippen LogP contribution in [0.2, 0.25) is 0 Å². The van der Waals surface area contributed by atoms with Crippen molar-refractivity contribution < 1.29 is 14.7 Å². The molecule has 1 aromatic heterocycles. The van der Waals surface area contributed by atoms with Crippen molar-refractivity contribution >= 4 is 23.2 Å². The molecule has 1 heterocycles. The lowest BCUT2D eigenvalue weighted by molar-refractivity contribution is -0.145. The van der Waals surface area contributed by atoms with Gasteiger partial charge in [-0.2, -0.15) is 11.3 Å². The molecule has 17 heavy (non-hydrogen) atoms. The van der Waals surface area contributed by atoms with E-state index in [1.165, 1.54) is 11.3 Å². The molecule has 0 spiro atoms. The summed E-state index contributed by atoms with van der Waals surface area (Å²) in [4.78, 5) is 23.3. The summed E-state index contributed by atoms with van der Waals surface area (Å²) in [5, 5.41) is 15.6. The van der Waals surface area contributed by atoms with E-state index < -0.39 is 11.5 Å². The van der Waals surface area contributed by atoms with Crippen LogP contribution in [0.1, 0.15) is 42.5 Å². The minimum Gasteiger partial charge on any atom is -0.480 e. The summed E-state index contributed by atoms with van der Waals surface area (Å²) >= 11 is 1.43. The Kier molecular flexibility index (Phi) is 3.47. The van der Waals surface area contributed by atoms with E-state index in [-0.39, 0.29) is 5.91 Å². The van der Waals surface area contributed by atoms with Crippen molar-refractivity contribution in [3.63, 3.8) is 0 Å². The third-order valence-corrected chi connectivity index (χ3v) is 3.94. The highest BCUT2D eigenvalue weighted by Crippen LogP contribution is 2.29. The van der Waals surface area contributed by atoms with Gasteiger partial charge in [0.25, 0.3) is 5.91 Å². The van der Waals surface area contributed by atoms with Gasteiger partial charge in [-0.1, -0.05) is 19.3 Å². The van der Waals surface area contributed by atoms with E-state index in [9.17, 15) is 14.7 Å². The van der Waals surface area contributed by atoms with Crippen molar-refractivity contribution in [1.82, 2.24) is 5.32 Å². The zero-order chi connectivity index (χ0) is 12.3. The number of rotatable bonds is 3. The highest BCUT2D eigenvalue weighted by molar-refractivity contribution is 7.08. The van der Waals surface area contributed by atoms with Gasteiger partial charge in [0.05, 0.1) is 5.56 Å². The Morgan fingerprint density at radius 1 is 1.29 bits per heavy atom. The second kappa shape index (κ2) is 4.87. The van der Waals surface area contributed by atoms with Crippen LogP contribution in [-0.2, 0) is 4.79 Å². The van der Waals surface area contributed by atoms with Crippen molar-refractivity contribution in [3.8, 4) is 0 Å². The number of carboxylic acid groups (broad SMARTS) is 1. The molecule has 1 amide bonds. The first kappa shape index (κ1) is 12.1. The van der Waals surface area contributed by atoms with Crippen LogP contribution >= 0.6 is 11.3 Å². The van der Waals surface area contributed by atoms with Gasteiger partial charge in [0.1, 0.15) is 5.54 Å². The average Bonchev–Trinajstić information content (AvgIpc) is 2.83. The second-order valence-corrected chi connectivity index (χ2v) is 5.19. The van der Waals surface area contributed by atoms with E-state index in [1.807, 2.05) is 5.38 Å². The fourth-order valence-corrected chi connectivity index (χ4v) is 2.87. The van der Waals surface area contributed by atoms with Gasteiger partial charge in [0.2, 0.25) is 0 Å². The fourth-order valence-electron chi connectivity index (χ4n) is 2.23. The van der Waals surface area contributed by atoms with Gasteiger partial charge >= 0.3 is 5.97 Å². The number of aliphatic carboxylic acids is 1. The van der Waals surface area contributed by atoms with Crippen molar-refractivity contribution in [1.29, 1.82) is 0 Å². The van der Waals surface area contributed by atoms with Gasteiger partial charge < -0.3 is 10.4 Å². The smallest absolute Gasteiger partial charge is 0.329 e. The summed E-state index contributed by atoms with van der Waals surface area (Å²) < 4.78 is 0. The lowest BCUT2D eigenvalue weighted by Gasteiger charge is -2.33. The number of carboxylic acids is 1. The van der Waals surface area contributed by atoms with Gasteiger partial charge in [-0.15, -0.1) is 0 Å². The van der Waals surface area contributed by atoms with Crippen LogP contribution in [0.5, 0.6) is 0 Å². The molecule has 4 nitrogen and oxygen atoms in total. The first-order valence-corrected chi connectivity index (χ1v) is 6.66. The number of nitrogens with one attached hydrogen (secondary N) is 1. The topological polar surface area (TPSA) is 66.4 Å². The Bertz CT molecular complexity index is 407. The van der Waals surface area contributed by atoms with Gasteiger partial charge in [-0.25, -0.2) is 4.79 Å². The lowest BCUT2D eigenvalue weighted by Crippen LogP contribution is -2.55. The maximum absolute atomic E-state index is 11.9. The molecule has 92 valence electrons. The normalized spacial score (nSPS) is 18.6. The molecule has 0 atom stereocenters. The molecule has 1 aromatic rings. The molecule has 5 heteroatoms. The molecule has 1 aliphatic carbocycles. The number of thiophene rings is 1. The van der Waals surface area contributed by atoms with Crippen LogP contribution in [-0.4, -0.2) is 22.5 Å². The van der Waals surface area contributed by atoms with Crippen molar-refractivity contribution in [2.24, 2.45) is 0 Å². The predicted molar refractivity (Wildman–Crippen MR) is 65.2 cm³/mol. The highest BCUT2D eigenvalue weighted by atomic mass is 32.1. The maximum atomic E-state index is 11.9. The third kappa shape index (κ3) is 2.49. The van der Waals surface area contributed by atoms with E-state index in [4.69, 9.17) is 0 Å². The Labute approximate surface area is 104 Å². The van der Waals surface area contributed by atoms with Gasteiger partial charge in [-0.05, 0) is 24.3 Å². The molecule has 0 bridgehead atoms. The molecule has 0 saturated heterocycles. The predicted octanol–water partition coefficient (Wildman–Crippen LogP) is 2.27. The summed E-state index contributed by atoms with van der Waals surface area (Å²) in [6.45, 7) is 0. The van der Waals surface area contributed by atoms with Crippen molar-refractivity contribution in [2.45, 2.75) is 37.6 Å². The Morgan fingerprint density at radius 3 is 2.53 bits per heavy atom. The van der Waals surface area contributed by atoms with Gasteiger partial charge in [0, 0.05) is 5.38 Å². The number of hydrogen-bond donors (Lipinski definition) is 2. The number of amides is 1. The first-order valence-electron chi connectivity index (χ1n) is 5.72. The van der Waals surface area contributed by atoms with E-state index in [0.29, 0.717) is 18.4 Å². The number of hydrogen-bond acceptors (Lipinski definition) is 3. The van der Waals surface area contributed by atoms with E-state index in [2.05, 4.69) is 5.32 Å². The zero-order valence-corrected chi connectivity index (χ0v) is 10.3.